The maximum absolute atomic E-state index is 12.0. The van der Waals surface area contributed by atoms with Crippen molar-refractivity contribution in [2.24, 2.45) is 11.0 Å². The predicted molar refractivity (Wildman–Crippen MR) is 86.2 cm³/mol. The number of hydrogen-bond donors (Lipinski definition) is 1. The lowest BCUT2D eigenvalue weighted by Crippen LogP contribution is -2.39. The van der Waals surface area contributed by atoms with Crippen LogP contribution in [0, 0.1) is 5.92 Å². The van der Waals surface area contributed by atoms with E-state index in [2.05, 4.69) is 10.5 Å². The highest BCUT2D eigenvalue weighted by Gasteiger charge is 2.38. The van der Waals surface area contributed by atoms with Crippen LogP contribution in [0.2, 0.25) is 0 Å². The van der Waals surface area contributed by atoms with E-state index in [-0.39, 0.29) is 24.6 Å². The second-order valence-corrected chi connectivity index (χ2v) is 5.43. The summed E-state index contributed by atoms with van der Waals surface area (Å²) in [6.45, 7) is 0.197. The fraction of sp³-hybridized carbons (Fsp3) is 0.353. The van der Waals surface area contributed by atoms with Gasteiger partial charge in [0.05, 0.1) is 33.4 Å². The number of carbonyl (C=O) groups excluding carboxylic acids is 2. The van der Waals surface area contributed by atoms with Gasteiger partial charge in [-0.2, -0.15) is 5.10 Å². The van der Waals surface area contributed by atoms with E-state index in [1.54, 1.807) is 0 Å². The van der Waals surface area contributed by atoms with E-state index < -0.39 is 24.1 Å². The van der Waals surface area contributed by atoms with E-state index in [1.165, 1.54) is 14.2 Å². The Morgan fingerprint density at radius 1 is 1.12 bits per heavy atom. The highest BCUT2D eigenvalue weighted by molar-refractivity contribution is 6.38. The predicted octanol–water partition coefficient (Wildman–Crippen LogP) is 0.907. The molecule has 3 rings (SSSR count). The third-order valence-corrected chi connectivity index (χ3v) is 4.02. The first-order chi connectivity index (χ1) is 12.2. The third-order valence-electron chi connectivity index (χ3n) is 4.02. The number of nitrogens with zero attached hydrogens (tertiary/aromatic N) is 1. The van der Waals surface area contributed by atoms with Gasteiger partial charge in [0.2, 0.25) is 0 Å². The van der Waals surface area contributed by atoms with Crippen LogP contribution in [0.1, 0.15) is 11.9 Å². The molecule has 2 heterocycles. The number of hydrogen-bond acceptors (Lipinski definition) is 8. The summed E-state index contributed by atoms with van der Waals surface area (Å²) in [5.74, 6) is -1.74. The first-order valence-corrected chi connectivity index (χ1v) is 7.67. The summed E-state index contributed by atoms with van der Waals surface area (Å²) in [4.78, 5) is 24.0. The fourth-order valence-corrected chi connectivity index (χ4v) is 2.73. The normalized spacial score (nSPS) is 22.9. The summed E-state index contributed by atoms with van der Waals surface area (Å²) in [7, 11) is 2.54. The molecule has 0 aromatic heterocycles. The van der Waals surface area contributed by atoms with E-state index in [0.29, 0.717) is 5.57 Å². The summed E-state index contributed by atoms with van der Waals surface area (Å²) >= 11 is 0. The average Bonchev–Trinajstić information content (AvgIpc) is 2.90. The first kappa shape index (κ1) is 17.1. The summed E-state index contributed by atoms with van der Waals surface area (Å²) in [5.41, 5.74) is 4.23. The van der Waals surface area contributed by atoms with Crippen LogP contribution < -0.4 is 5.43 Å². The molecule has 0 aliphatic carbocycles. The van der Waals surface area contributed by atoms with Gasteiger partial charge in [0.1, 0.15) is 5.70 Å². The standard InChI is InChI=1S/C17H18N2O6/c1-22-15(20)13-11-8-24-17(10-6-4-3-5-7-10)25-9-12(11)14(19-18-13)16(21)23-2/h3-7,11,17,19H,8-9H2,1-2H3/t11-,17+/m1/s1. The molecule has 1 aromatic rings. The molecule has 25 heavy (non-hydrogen) atoms. The monoisotopic (exact) mass is 346 g/mol. The lowest BCUT2D eigenvalue weighted by Gasteiger charge is -2.24. The molecule has 1 fully saturated rings. The van der Waals surface area contributed by atoms with Gasteiger partial charge in [0.15, 0.2) is 12.0 Å². The number of ether oxygens (including phenoxy) is 4. The zero-order valence-corrected chi connectivity index (χ0v) is 13.9. The molecule has 8 heteroatoms. The van der Waals surface area contributed by atoms with Gasteiger partial charge in [-0.1, -0.05) is 30.3 Å². The smallest absolute Gasteiger partial charge is 0.356 e. The Bertz CT molecular complexity index is 728. The molecule has 1 N–H and O–H groups in total. The van der Waals surface area contributed by atoms with Crippen molar-refractivity contribution in [2.75, 3.05) is 27.4 Å². The number of fused-ring (bicyclic) bond motifs is 1. The summed E-state index contributed by atoms with van der Waals surface area (Å²) in [6.07, 6.45) is -0.614. The van der Waals surface area contributed by atoms with Crippen molar-refractivity contribution in [3.63, 3.8) is 0 Å². The van der Waals surface area contributed by atoms with Crippen molar-refractivity contribution in [1.29, 1.82) is 0 Å². The Hall–Kier alpha value is -2.71. The van der Waals surface area contributed by atoms with Gasteiger partial charge in [0, 0.05) is 5.56 Å². The number of esters is 2. The molecule has 0 spiro atoms. The Morgan fingerprint density at radius 2 is 1.84 bits per heavy atom. The van der Waals surface area contributed by atoms with Crippen molar-refractivity contribution < 1.29 is 28.5 Å². The van der Waals surface area contributed by atoms with Crippen molar-refractivity contribution in [3.8, 4) is 0 Å². The highest BCUT2D eigenvalue weighted by atomic mass is 16.7. The molecule has 1 saturated heterocycles. The molecule has 2 aliphatic rings. The molecule has 2 atom stereocenters. The molecular formula is C17H18N2O6. The third kappa shape index (κ3) is 3.40. The van der Waals surface area contributed by atoms with E-state index in [9.17, 15) is 9.59 Å². The van der Waals surface area contributed by atoms with Crippen molar-refractivity contribution in [1.82, 2.24) is 5.43 Å². The van der Waals surface area contributed by atoms with Gasteiger partial charge >= 0.3 is 11.9 Å². The van der Waals surface area contributed by atoms with Crippen molar-refractivity contribution in [2.45, 2.75) is 6.29 Å². The fourth-order valence-electron chi connectivity index (χ4n) is 2.73. The number of hydrazone groups is 1. The van der Waals surface area contributed by atoms with Gasteiger partial charge in [-0.25, -0.2) is 9.59 Å². The summed E-state index contributed by atoms with van der Waals surface area (Å²) < 4.78 is 21.2. The molecule has 2 aliphatic heterocycles. The van der Waals surface area contributed by atoms with Gasteiger partial charge in [-0.05, 0) is 5.57 Å². The quantitative estimate of drug-likeness (QED) is 0.813. The number of methoxy groups -OCH3 is 2. The van der Waals surface area contributed by atoms with Crippen LogP contribution in [0.5, 0.6) is 0 Å². The number of rotatable bonds is 3. The molecule has 0 unspecified atom stereocenters. The minimum absolute atomic E-state index is 0.0810. The number of nitrogens with one attached hydrogen (secondary N) is 1. The van der Waals surface area contributed by atoms with Crippen LogP contribution >= 0.6 is 0 Å². The molecule has 8 nitrogen and oxygen atoms in total. The zero-order chi connectivity index (χ0) is 17.8. The largest absolute Gasteiger partial charge is 0.464 e. The Balaban J connectivity index is 1.93. The van der Waals surface area contributed by atoms with E-state index in [4.69, 9.17) is 18.9 Å². The first-order valence-electron chi connectivity index (χ1n) is 7.67. The van der Waals surface area contributed by atoms with E-state index in [0.717, 1.165) is 5.56 Å². The van der Waals surface area contributed by atoms with Crippen LogP contribution in [0.15, 0.2) is 46.7 Å². The van der Waals surface area contributed by atoms with Crippen LogP contribution in [0.4, 0.5) is 0 Å². The van der Waals surface area contributed by atoms with Crippen LogP contribution in [0.25, 0.3) is 0 Å². The zero-order valence-electron chi connectivity index (χ0n) is 13.9. The maximum atomic E-state index is 12.0. The van der Waals surface area contributed by atoms with Gasteiger partial charge in [0.25, 0.3) is 0 Å². The highest BCUT2D eigenvalue weighted by Crippen LogP contribution is 2.31. The van der Waals surface area contributed by atoms with E-state index >= 15 is 0 Å². The second-order valence-electron chi connectivity index (χ2n) is 5.43. The van der Waals surface area contributed by atoms with Gasteiger partial charge in [-0.3, -0.25) is 5.43 Å². The molecule has 0 radical (unpaired) electrons. The average molecular weight is 346 g/mol. The van der Waals surface area contributed by atoms with Gasteiger partial charge < -0.3 is 18.9 Å². The number of benzene rings is 1. The summed E-state index contributed by atoms with van der Waals surface area (Å²) in [5, 5.41) is 3.97. The lowest BCUT2D eigenvalue weighted by atomic mass is 9.92. The molecule has 1 aromatic carbocycles. The Labute approximate surface area is 144 Å². The second kappa shape index (κ2) is 7.45. The number of carbonyl (C=O) groups is 2. The maximum Gasteiger partial charge on any atom is 0.356 e. The minimum Gasteiger partial charge on any atom is -0.464 e. The van der Waals surface area contributed by atoms with Gasteiger partial charge in [-0.15, -0.1) is 0 Å². The molecule has 132 valence electrons. The summed E-state index contributed by atoms with van der Waals surface area (Å²) in [6, 6.07) is 9.40. The van der Waals surface area contributed by atoms with Crippen molar-refractivity contribution in [3.05, 3.63) is 47.2 Å². The van der Waals surface area contributed by atoms with E-state index in [1.807, 2.05) is 30.3 Å². The molecule has 0 saturated carbocycles. The molecular weight excluding hydrogens is 328 g/mol. The molecule has 0 amide bonds. The minimum atomic E-state index is -0.614. The van der Waals surface area contributed by atoms with Crippen LogP contribution in [-0.2, 0) is 28.5 Å². The lowest BCUT2D eigenvalue weighted by molar-refractivity contribution is -0.137. The SMILES string of the molecule is COC(=O)C1=NNC(C(=O)OC)=C2CO[C@@H](c3ccccc3)OC[C@@H]12. The van der Waals surface area contributed by atoms with Crippen LogP contribution in [0.3, 0.4) is 0 Å². The molecule has 0 bridgehead atoms. The Kier molecular flexibility index (Phi) is 5.11. The van der Waals surface area contributed by atoms with Crippen molar-refractivity contribution >= 4 is 17.7 Å². The van der Waals surface area contributed by atoms with Crippen LogP contribution in [-0.4, -0.2) is 45.1 Å². The topological polar surface area (TPSA) is 95.5 Å². The Morgan fingerprint density at radius 3 is 2.52 bits per heavy atom.